The van der Waals surface area contributed by atoms with Gasteiger partial charge in [-0.15, -0.1) is 11.3 Å². The lowest BCUT2D eigenvalue weighted by Crippen LogP contribution is -2.13. The van der Waals surface area contributed by atoms with Crippen LogP contribution in [0.25, 0.3) is 6.08 Å². The van der Waals surface area contributed by atoms with Crippen LogP contribution in [0.5, 0.6) is 5.75 Å². The van der Waals surface area contributed by atoms with Gasteiger partial charge in [-0.1, -0.05) is 24.3 Å². The van der Waals surface area contributed by atoms with Crippen molar-refractivity contribution in [1.82, 2.24) is 4.98 Å². The van der Waals surface area contributed by atoms with Gasteiger partial charge < -0.3 is 4.74 Å². The number of carbonyl (C=O) groups excluding carboxylic acids is 1. The second kappa shape index (κ2) is 9.62. The third-order valence-corrected chi connectivity index (χ3v) is 4.85. The Morgan fingerprint density at radius 1 is 1.24 bits per heavy atom. The van der Waals surface area contributed by atoms with Crippen LogP contribution >= 0.6 is 11.3 Å². The minimum Gasteiger partial charge on any atom is -0.494 e. The van der Waals surface area contributed by atoms with Gasteiger partial charge in [0.1, 0.15) is 23.2 Å². The van der Waals surface area contributed by atoms with Crippen molar-refractivity contribution >= 4 is 28.5 Å². The number of benzene rings is 2. The molecule has 0 unspecified atom stereocenters. The molecule has 0 fully saturated rings. The minimum atomic E-state index is -0.524. The number of carbonyl (C=O) groups is 1. The van der Waals surface area contributed by atoms with Gasteiger partial charge in [-0.25, -0.2) is 9.37 Å². The highest BCUT2D eigenvalue weighted by Gasteiger charge is 2.12. The Kier molecular flexibility index (Phi) is 6.72. The van der Waals surface area contributed by atoms with Gasteiger partial charge in [0.2, 0.25) is 0 Å². The zero-order chi connectivity index (χ0) is 20.6. The third-order valence-electron chi connectivity index (χ3n) is 3.93. The summed E-state index contributed by atoms with van der Waals surface area (Å²) in [5.41, 5.74) is 1.64. The van der Waals surface area contributed by atoms with Gasteiger partial charge in [0.15, 0.2) is 5.13 Å². The van der Waals surface area contributed by atoms with Crippen molar-refractivity contribution in [3.8, 4) is 11.8 Å². The Balaban J connectivity index is 1.65. The number of anilines is 1. The lowest BCUT2D eigenvalue weighted by Gasteiger charge is -2.03. The first kappa shape index (κ1) is 20.2. The second-order valence-corrected chi connectivity index (χ2v) is 7.18. The Morgan fingerprint density at radius 3 is 2.62 bits per heavy atom. The van der Waals surface area contributed by atoms with Gasteiger partial charge in [0, 0.05) is 17.5 Å². The number of aromatic nitrogens is 1. The fourth-order valence-corrected chi connectivity index (χ4v) is 3.40. The van der Waals surface area contributed by atoms with Crippen molar-refractivity contribution in [2.45, 2.75) is 13.3 Å². The Hall–Kier alpha value is -3.50. The second-order valence-electron chi connectivity index (χ2n) is 6.06. The molecule has 0 saturated carbocycles. The predicted molar refractivity (Wildman–Crippen MR) is 111 cm³/mol. The van der Waals surface area contributed by atoms with Gasteiger partial charge in [-0.05, 0) is 48.4 Å². The Bertz CT molecular complexity index is 1050. The van der Waals surface area contributed by atoms with Gasteiger partial charge in [-0.3, -0.25) is 10.1 Å². The first-order valence-electron chi connectivity index (χ1n) is 8.92. The van der Waals surface area contributed by atoms with Gasteiger partial charge in [0.25, 0.3) is 5.91 Å². The van der Waals surface area contributed by atoms with Crippen LogP contribution in [0.1, 0.15) is 22.9 Å². The summed E-state index contributed by atoms with van der Waals surface area (Å²) >= 11 is 1.31. The quantitative estimate of drug-likeness (QED) is 0.450. The molecule has 0 aliphatic rings. The molecule has 146 valence electrons. The van der Waals surface area contributed by atoms with Crippen LogP contribution in [0.4, 0.5) is 9.52 Å². The Labute approximate surface area is 172 Å². The van der Waals surface area contributed by atoms with Crippen molar-refractivity contribution < 1.29 is 13.9 Å². The van der Waals surface area contributed by atoms with Crippen LogP contribution in [0, 0.1) is 17.1 Å². The maximum Gasteiger partial charge on any atom is 0.268 e. The summed E-state index contributed by atoms with van der Waals surface area (Å²) in [6.45, 7) is 2.47. The first-order valence-corrected chi connectivity index (χ1v) is 9.74. The topological polar surface area (TPSA) is 75.0 Å². The number of amides is 1. The zero-order valence-corrected chi connectivity index (χ0v) is 16.5. The summed E-state index contributed by atoms with van der Waals surface area (Å²) in [7, 11) is 0. The molecular formula is C22H18FN3O2S. The molecule has 2 aromatic carbocycles. The molecule has 0 radical (unpaired) electrons. The Morgan fingerprint density at radius 2 is 1.97 bits per heavy atom. The van der Waals surface area contributed by atoms with Crippen LogP contribution in [0.3, 0.4) is 0 Å². The summed E-state index contributed by atoms with van der Waals surface area (Å²) in [4.78, 5) is 17.5. The highest BCUT2D eigenvalue weighted by molar-refractivity contribution is 7.15. The summed E-state index contributed by atoms with van der Waals surface area (Å²) in [5.74, 6) is -0.0810. The molecule has 7 heteroatoms. The fraction of sp³-hybridized carbons (Fsp3) is 0.136. The van der Waals surface area contributed by atoms with E-state index in [2.05, 4.69) is 10.3 Å². The van der Waals surface area contributed by atoms with E-state index in [9.17, 15) is 14.4 Å². The molecule has 5 nitrogen and oxygen atoms in total. The van der Waals surface area contributed by atoms with E-state index in [0.717, 1.165) is 21.8 Å². The summed E-state index contributed by atoms with van der Waals surface area (Å²) in [6.07, 6.45) is 3.75. The highest BCUT2D eigenvalue weighted by atomic mass is 32.1. The molecule has 1 aromatic heterocycles. The van der Waals surface area contributed by atoms with E-state index in [4.69, 9.17) is 4.74 Å². The molecule has 0 atom stereocenters. The van der Waals surface area contributed by atoms with E-state index in [1.165, 1.54) is 29.5 Å². The maximum atomic E-state index is 13.0. The standard InChI is InChI=1S/C22H18FN3O2S/c1-2-28-19-9-5-15(6-10-19)11-17(13-24)21(27)26-22-25-14-20(29-22)12-16-3-7-18(23)8-4-16/h3-11,14H,2,12H2,1H3,(H,25,26,27)/b17-11+. The number of rotatable bonds is 7. The molecule has 3 rings (SSSR count). The van der Waals surface area contributed by atoms with E-state index in [1.807, 2.05) is 13.0 Å². The number of thiazole rings is 1. The number of hydrogen-bond donors (Lipinski definition) is 1. The normalized spacial score (nSPS) is 11.0. The molecule has 0 saturated heterocycles. The lowest BCUT2D eigenvalue weighted by atomic mass is 10.1. The molecule has 0 aliphatic heterocycles. The number of hydrogen-bond acceptors (Lipinski definition) is 5. The van der Waals surface area contributed by atoms with Gasteiger partial charge in [0.05, 0.1) is 6.61 Å². The van der Waals surface area contributed by atoms with Gasteiger partial charge >= 0.3 is 0 Å². The summed E-state index contributed by atoms with van der Waals surface area (Å²) in [6, 6.07) is 15.3. The number of ether oxygens (including phenoxy) is 1. The molecule has 0 bridgehead atoms. The average molecular weight is 407 g/mol. The predicted octanol–water partition coefficient (Wildman–Crippen LogP) is 4.82. The van der Waals surface area contributed by atoms with Crippen molar-refractivity contribution in [1.29, 1.82) is 5.26 Å². The van der Waals surface area contributed by atoms with E-state index >= 15 is 0 Å². The van der Waals surface area contributed by atoms with Crippen LogP contribution in [-0.4, -0.2) is 17.5 Å². The van der Waals surface area contributed by atoms with Crippen LogP contribution < -0.4 is 10.1 Å². The van der Waals surface area contributed by atoms with Crippen molar-refractivity contribution in [3.63, 3.8) is 0 Å². The molecule has 0 spiro atoms. The van der Waals surface area contributed by atoms with Gasteiger partial charge in [-0.2, -0.15) is 5.26 Å². The molecular weight excluding hydrogens is 389 g/mol. The molecule has 3 aromatic rings. The number of nitrogens with one attached hydrogen (secondary N) is 1. The number of halogens is 1. The maximum absolute atomic E-state index is 13.0. The number of nitriles is 1. The zero-order valence-electron chi connectivity index (χ0n) is 15.7. The monoisotopic (exact) mass is 407 g/mol. The molecule has 1 N–H and O–H groups in total. The fourth-order valence-electron chi connectivity index (χ4n) is 2.56. The summed E-state index contributed by atoms with van der Waals surface area (Å²) in [5, 5.41) is 12.4. The smallest absolute Gasteiger partial charge is 0.268 e. The molecule has 0 aliphatic carbocycles. The van der Waals surface area contributed by atoms with E-state index < -0.39 is 5.91 Å². The molecule has 1 heterocycles. The average Bonchev–Trinajstić information content (AvgIpc) is 3.16. The minimum absolute atomic E-state index is 0.0237. The van der Waals surface area contributed by atoms with Crippen molar-refractivity contribution in [2.75, 3.05) is 11.9 Å². The van der Waals surface area contributed by atoms with Crippen LogP contribution in [0.2, 0.25) is 0 Å². The molecule has 29 heavy (non-hydrogen) atoms. The van der Waals surface area contributed by atoms with Crippen molar-refractivity contribution in [3.05, 3.63) is 82.1 Å². The highest BCUT2D eigenvalue weighted by Crippen LogP contribution is 2.22. The summed E-state index contributed by atoms with van der Waals surface area (Å²) < 4.78 is 18.4. The lowest BCUT2D eigenvalue weighted by molar-refractivity contribution is -0.112. The molecule has 1 amide bonds. The number of nitrogens with zero attached hydrogens (tertiary/aromatic N) is 2. The van der Waals surface area contributed by atoms with E-state index in [1.54, 1.807) is 42.6 Å². The van der Waals surface area contributed by atoms with Crippen LogP contribution in [0.15, 0.2) is 60.3 Å². The SMILES string of the molecule is CCOc1ccc(/C=C(\C#N)C(=O)Nc2ncc(Cc3ccc(F)cc3)s2)cc1. The third kappa shape index (κ3) is 5.74. The first-order chi connectivity index (χ1) is 14.1. The van der Waals surface area contributed by atoms with Crippen molar-refractivity contribution in [2.24, 2.45) is 0 Å². The van der Waals surface area contributed by atoms with E-state index in [0.29, 0.717) is 18.2 Å². The van der Waals surface area contributed by atoms with Crippen LogP contribution in [-0.2, 0) is 11.2 Å². The van der Waals surface area contributed by atoms with E-state index in [-0.39, 0.29) is 11.4 Å². The largest absolute Gasteiger partial charge is 0.494 e.